The lowest BCUT2D eigenvalue weighted by atomic mass is 9.78. The predicted molar refractivity (Wildman–Crippen MR) is 75.0 cm³/mol. The Morgan fingerprint density at radius 3 is 2.75 bits per heavy atom. The highest BCUT2D eigenvalue weighted by Gasteiger charge is 2.48. The number of aliphatic carboxylic acids is 1. The molecule has 0 bridgehead atoms. The fourth-order valence-electron chi connectivity index (χ4n) is 2.13. The van der Waals surface area contributed by atoms with Gasteiger partial charge in [0.2, 0.25) is 0 Å². The van der Waals surface area contributed by atoms with Gasteiger partial charge in [-0.3, -0.25) is 9.59 Å². The molecule has 2 rings (SSSR count). The first-order valence-electron chi connectivity index (χ1n) is 6.55. The van der Waals surface area contributed by atoms with E-state index < -0.39 is 11.4 Å². The van der Waals surface area contributed by atoms with E-state index in [0.717, 1.165) is 5.69 Å². The molecule has 5 nitrogen and oxygen atoms in total. The zero-order valence-electron chi connectivity index (χ0n) is 11.9. The molecule has 1 aromatic heterocycles. The molecular weight excluding hydrogens is 278 g/mol. The van der Waals surface area contributed by atoms with E-state index >= 15 is 0 Å². The second-order valence-corrected chi connectivity index (χ2v) is 7.11. The Labute approximate surface area is 122 Å². The molecule has 1 aromatic rings. The SMILES string of the molecule is CC(C)(C)c1csc(CC2(C(=O)O)COCCC2=O)n1. The number of carbonyl (C=O) groups is 2. The summed E-state index contributed by atoms with van der Waals surface area (Å²) in [5.41, 5.74) is -0.633. The molecule has 1 atom stereocenters. The minimum atomic E-state index is -1.47. The Hall–Kier alpha value is -1.27. The molecule has 6 heteroatoms. The van der Waals surface area contributed by atoms with Crippen molar-refractivity contribution >= 4 is 23.1 Å². The van der Waals surface area contributed by atoms with Gasteiger partial charge in [0.05, 0.1) is 23.9 Å². The van der Waals surface area contributed by atoms with Crippen molar-refractivity contribution in [2.75, 3.05) is 13.2 Å². The van der Waals surface area contributed by atoms with Crippen LogP contribution in [0.1, 0.15) is 37.9 Å². The van der Waals surface area contributed by atoms with Gasteiger partial charge in [0.15, 0.2) is 11.2 Å². The molecule has 0 spiro atoms. The number of rotatable bonds is 3. The van der Waals surface area contributed by atoms with Gasteiger partial charge in [-0.05, 0) is 0 Å². The van der Waals surface area contributed by atoms with Gasteiger partial charge in [0.25, 0.3) is 0 Å². The Morgan fingerprint density at radius 1 is 1.55 bits per heavy atom. The smallest absolute Gasteiger partial charge is 0.320 e. The number of nitrogens with zero attached hydrogens (tertiary/aromatic N) is 1. The van der Waals surface area contributed by atoms with Crippen molar-refractivity contribution in [2.45, 2.75) is 39.0 Å². The molecule has 1 N–H and O–H groups in total. The van der Waals surface area contributed by atoms with Crippen molar-refractivity contribution in [1.82, 2.24) is 4.98 Å². The van der Waals surface area contributed by atoms with Gasteiger partial charge >= 0.3 is 5.97 Å². The topological polar surface area (TPSA) is 76.5 Å². The number of thiazole rings is 1. The minimum Gasteiger partial charge on any atom is -0.480 e. The summed E-state index contributed by atoms with van der Waals surface area (Å²) in [6, 6.07) is 0. The van der Waals surface area contributed by atoms with E-state index in [4.69, 9.17) is 4.74 Å². The molecule has 110 valence electrons. The second kappa shape index (κ2) is 5.26. The molecule has 1 fully saturated rings. The number of Topliss-reactive ketones (excluding diaryl/α,β-unsaturated/α-hetero) is 1. The van der Waals surface area contributed by atoms with Crippen molar-refractivity contribution in [2.24, 2.45) is 5.41 Å². The van der Waals surface area contributed by atoms with Crippen molar-refractivity contribution < 1.29 is 19.4 Å². The zero-order chi connectivity index (χ0) is 15.0. The van der Waals surface area contributed by atoms with Gasteiger partial charge in [-0.1, -0.05) is 20.8 Å². The first-order valence-corrected chi connectivity index (χ1v) is 7.43. The van der Waals surface area contributed by atoms with Crippen LogP contribution in [0.5, 0.6) is 0 Å². The third-order valence-corrected chi connectivity index (χ3v) is 4.39. The van der Waals surface area contributed by atoms with E-state index in [9.17, 15) is 14.7 Å². The lowest BCUT2D eigenvalue weighted by Gasteiger charge is -2.30. The molecule has 2 heterocycles. The average Bonchev–Trinajstić information content (AvgIpc) is 2.80. The van der Waals surface area contributed by atoms with Crippen LogP contribution in [-0.2, 0) is 26.2 Å². The maximum Gasteiger partial charge on any atom is 0.320 e. The fourth-order valence-corrected chi connectivity index (χ4v) is 3.27. The third-order valence-electron chi connectivity index (χ3n) is 3.54. The summed E-state index contributed by atoms with van der Waals surface area (Å²) in [6.07, 6.45) is 0.270. The van der Waals surface area contributed by atoms with Crippen LogP contribution in [0, 0.1) is 5.41 Å². The number of aromatic nitrogens is 1. The van der Waals surface area contributed by atoms with Crippen LogP contribution in [0.2, 0.25) is 0 Å². The molecule has 20 heavy (non-hydrogen) atoms. The number of carboxylic acids is 1. The molecule has 0 radical (unpaired) electrons. The van der Waals surface area contributed by atoms with Gasteiger partial charge in [-0.2, -0.15) is 0 Å². The Kier molecular flexibility index (Phi) is 3.97. The van der Waals surface area contributed by atoms with Crippen LogP contribution < -0.4 is 0 Å². The molecule has 1 aliphatic heterocycles. The standard InChI is InChI=1S/C14H19NO4S/c1-13(2,3)9-7-20-11(15-9)6-14(12(17)18)8-19-5-4-10(14)16/h7H,4-6,8H2,1-3H3,(H,17,18). The number of carbonyl (C=O) groups excluding carboxylic acids is 1. The van der Waals surface area contributed by atoms with Crippen LogP contribution in [-0.4, -0.2) is 35.1 Å². The predicted octanol–water partition coefficient (Wildman–Crippen LogP) is 2.04. The highest BCUT2D eigenvalue weighted by atomic mass is 32.1. The summed E-state index contributed by atoms with van der Waals surface area (Å²) in [7, 11) is 0. The van der Waals surface area contributed by atoms with Crippen LogP contribution in [0.3, 0.4) is 0 Å². The number of hydrogen-bond donors (Lipinski definition) is 1. The number of carboxylic acid groups (broad SMARTS) is 1. The lowest BCUT2D eigenvalue weighted by molar-refractivity contribution is -0.164. The summed E-state index contributed by atoms with van der Waals surface area (Å²) in [6.45, 7) is 6.39. The van der Waals surface area contributed by atoms with Gasteiger partial charge in [0, 0.05) is 23.6 Å². The summed E-state index contributed by atoms with van der Waals surface area (Å²) in [5, 5.41) is 12.1. The molecule has 1 saturated heterocycles. The third kappa shape index (κ3) is 2.76. The summed E-state index contributed by atoms with van der Waals surface area (Å²) < 4.78 is 5.24. The van der Waals surface area contributed by atoms with E-state index in [1.54, 1.807) is 0 Å². The molecule has 1 aliphatic rings. The Balaban J connectivity index is 2.27. The van der Waals surface area contributed by atoms with E-state index in [-0.39, 0.29) is 30.6 Å². The lowest BCUT2D eigenvalue weighted by Crippen LogP contribution is -2.48. The van der Waals surface area contributed by atoms with E-state index in [1.807, 2.05) is 26.2 Å². The Morgan fingerprint density at radius 2 is 2.25 bits per heavy atom. The molecule has 0 aliphatic carbocycles. The normalized spacial score (nSPS) is 23.9. The second-order valence-electron chi connectivity index (χ2n) is 6.17. The molecule has 0 amide bonds. The molecular formula is C14H19NO4S. The van der Waals surface area contributed by atoms with Crippen LogP contribution in [0.4, 0.5) is 0 Å². The number of hydrogen-bond acceptors (Lipinski definition) is 5. The van der Waals surface area contributed by atoms with Crippen LogP contribution >= 0.6 is 11.3 Å². The fraction of sp³-hybridized carbons (Fsp3) is 0.643. The first-order chi connectivity index (χ1) is 9.25. The molecule has 0 saturated carbocycles. The van der Waals surface area contributed by atoms with Gasteiger partial charge in [-0.25, -0.2) is 4.98 Å². The van der Waals surface area contributed by atoms with E-state index in [1.165, 1.54) is 11.3 Å². The van der Waals surface area contributed by atoms with Crippen LogP contribution in [0.25, 0.3) is 0 Å². The Bertz CT molecular complexity index is 532. The van der Waals surface area contributed by atoms with Gasteiger partial charge in [-0.15, -0.1) is 11.3 Å². The van der Waals surface area contributed by atoms with Crippen molar-refractivity contribution in [1.29, 1.82) is 0 Å². The number of ketones is 1. The van der Waals surface area contributed by atoms with Crippen molar-refractivity contribution in [3.63, 3.8) is 0 Å². The van der Waals surface area contributed by atoms with Crippen LogP contribution in [0.15, 0.2) is 5.38 Å². The van der Waals surface area contributed by atoms with Crippen molar-refractivity contribution in [3.05, 3.63) is 16.1 Å². The van der Waals surface area contributed by atoms with E-state index in [0.29, 0.717) is 11.6 Å². The van der Waals surface area contributed by atoms with Crippen molar-refractivity contribution in [3.8, 4) is 0 Å². The number of ether oxygens (including phenoxy) is 1. The average molecular weight is 297 g/mol. The maximum atomic E-state index is 12.1. The minimum absolute atomic E-state index is 0.0639. The first kappa shape index (κ1) is 15.1. The molecule has 1 unspecified atom stereocenters. The molecule has 0 aromatic carbocycles. The monoisotopic (exact) mass is 297 g/mol. The summed E-state index contributed by atoms with van der Waals surface area (Å²) in [4.78, 5) is 28.1. The highest BCUT2D eigenvalue weighted by Crippen LogP contribution is 2.33. The zero-order valence-corrected chi connectivity index (χ0v) is 12.7. The summed E-state index contributed by atoms with van der Waals surface area (Å²) >= 11 is 1.41. The summed E-state index contributed by atoms with van der Waals surface area (Å²) in [5.74, 6) is -1.38. The maximum absolute atomic E-state index is 12.1. The van der Waals surface area contributed by atoms with Gasteiger partial charge < -0.3 is 9.84 Å². The largest absolute Gasteiger partial charge is 0.480 e. The van der Waals surface area contributed by atoms with E-state index in [2.05, 4.69) is 4.98 Å². The van der Waals surface area contributed by atoms with Gasteiger partial charge in [0.1, 0.15) is 0 Å². The quantitative estimate of drug-likeness (QED) is 0.864. The highest BCUT2D eigenvalue weighted by molar-refractivity contribution is 7.09.